The number of nitrogens with one attached hydrogen (secondary N) is 1. The van der Waals surface area contributed by atoms with Crippen molar-refractivity contribution in [3.8, 4) is 0 Å². The SMILES string of the molecule is CCNCc1c(C)nn(Cc2cc(F)ccc2Cl)c1C. The van der Waals surface area contributed by atoms with Crippen molar-refractivity contribution in [1.82, 2.24) is 15.1 Å². The number of aryl methyl sites for hydroxylation is 1. The molecule has 3 nitrogen and oxygen atoms in total. The molecule has 1 aromatic carbocycles. The molecule has 0 saturated heterocycles. The fourth-order valence-corrected chi connectivity index (χ4v) is 2.40. The molecule has 108 valence electrons. The van der Waals surface area contributed by atoms with Crippen LogP contribution in [-0.2, 0) is 13.1 Å². The highest BCUT2D eigenvalue weighted by atomic mass is 35.5. The van der Waals surface area contributed by atoms with Gasteiger partial charge in [0.05, 0.1) is 12.2 Å². The van der Waals surface area contributed by atoms with Crippen molar-refractivity contribution in [3.63, 3.8) is 0 Å². The molecule has 0 atom stereocenters. The molecule has 0 aliphatic rings. The number of benzene rings is 1. The third kappa shape index (κ3) is 3.19. The van der Waals surface area contributed by atoms with Crippen molar-refractivity contribution < 1.29 is 4.39 Å². The van der Waals surface area contributed by atoms with Gasteiger partial charge in [-0.05, 0) is 44.2 Å². The zero-order valence-electron chi connectivity index (χ0n) is 12.0. The average molecular weight is 296 g/mol. The Bertz CT molecular complexity index is 607. The highest BCUT2D eigenvalue weighted by Gasteiger charge is 2.12. The second-order valence-electron chi connectivity index (χ2n) is 4.82. The lowest BCUT2D eigenvalue weighted by atomic mass is 10.2. The van der Waals surface area contributed by atoms with E-state index in [0.29, 0.717) is 11.6 Å². The summed E-state index contributed by atoms with van der Waals surface area (Å²) in [5, 5.41) is 8.39. The Hall–Kier alpha value is -1.39. The van der Waals surface area contributed by atoms with E-state index in [1.807, 2.05) is 18.5 Å². The van der Waals surface area contributed by atoms with Crippen LogP contribution in [0.3, 0.4) is 0 Å². The Morgan fingerprint density at radius 1 is 1.35 bits per heavy atom. The van der Waals surface area contributed by atoms with Gasteiger partial charge in [0.25, 0.3) is 0 Å². The average Bonchev–Trinajstić information content (AvgIpc) is 2.67. The highest BCUT2D eigenvalue weighted by molar-refractivity contribution is 6.31. The number of halogens is 2. The molecule has 2 rings (SSSR count). The number of aromatic nitrogens is 2. The number of nitrogens with zero attached hydrogens (tertiary/aromatic N) is 2. The largest absolute Gasteiger partial charge is 0.313 e. The van der Waals surface area contributed by atoms with E-state index in [0.717, 1.165) is 30.0 Å². The molecule has 0 saturated carbocycles. The van der Waals surface area contributed by atoms with E-state index in [-0.39, 0.29) is 5.82 Å². The predicted octanol–water partition coefficient (Wildman–Crippen LogP) is 3.45. The second kappa shape index (κ2) is 6.37. The molecule has 2 aromatic rings. The van der Waals surface area contributed by atoms with E-state index in [1.165, 1.54) is 17.7 Å². The minimum absolute atomic E-state index is 0.279. The Morgan fingerprint density at radius 2 is 2.10 bits per heavy atom. The number of hydrogen-bond acceptors (Lipinski definition) is 2. The maximum absolute atomic E-state index is 13.3. The molecule has 0 radical (unpaired) electrons. The summed E-state index contributed by atoms with van der Waals surface area (Å²) in [6.07, 6.45) is 0. The quantitative estimate of drug-likeness (QED) is 0.915. The van der Waals surface area contributed by atoms with Gasteiger partial charge in [-0.1, -0.05) is 18.5 Å². The minimum Gasteiger partial charge on any atom is -0.313 e. The lowest BCUT2D eigenvalue weighted by Crippen LogP contribution is -2.13. The van der Waals surface area contributed by atoms with Gasteiger partial charge in [0.1, 0.15) is 5.82 Å². The third-order valence-corrected chi connectivity index (χ3v) is 3.78. The van der Waals surface area contributed by atoms with Gasteiger partial charge in [-0.2, -0.15) is 5.10 Å². The summed E-state index contributed by atoms with van der Waals surface area (Å²) in [5.41, 5.74) is 4.02. The molecule has 0 aliphatic carbocycles. The van der Waals surface area contributed by atoms with E-state index in [4.69, 9.17) is 11.6 Å². The van der Waals surface area contributed by atoms with Crippen molar-refractivity contribution in [2.24, 2.45) is 0 Å². The van der Waals surface area contributed by atoms with Gasteiger partial charge < -0.3 is 5.32 Å². The van der Waals surface area contributed by atoms with Crippen LogP contribution < -0.4 is 5.32 Å². The molecule has 0 fully saturated rings. The molecule has 0 amide bonds. The Labute approximate surface area is 123 Å². The molecular weight excluding hydrogens is 277 g/mol. The van der Waals surface area contributed by atoms with E-state index in [1.54, 1.807) is 6.07 Å². The van der Waals surface area contributed by atoms with E-state index >= 15 is 0 Å². The second-order valence-corrected chi connectivity index (χ2v) is 5.23. The maximum atomic E-state index is 13.3. The van der Waals surface area contributed by atoms with Gasteiger partial charge in [0, 0.05) is 22.8 Å². The van der Waals surface area contributed by atoms with Gasteiger partial charge in [0.2, 0.25) is 0 Å². The summed E-state index contributed by atoms with van der Waals surface area (Å²) < 4.78 is 15.2. The minimum atomic E-state index is -0.279. The third-order valence-electron chi connectivity index (χ3n) is 3.41. The van der Waals surface area contributed by atoms with Crippen molar-refractivity contribution >= 4 is 11.6 Å². The van der Waals surface area contributed by atoms with Crippen LogP contribution in [0.2, 0.25) is 5.02 Å². The molecule has 1 aromatic heterocycles. The summed E-state index contributed by atoms with van der Waals surface area (Å²) in [5.74, 6) is -0.279. The van der Waals surface area contributed by atoms with E-state index in [9.17, 15) is 4.39 Å². The van der Waals surface area contributed by atoms with Crippen LogP contribution in [0.5, 0.6) is 0 Å². The number of hydrogen-bond donors (Lipinski definition) is 1. The Morgan fingerprint density at radius 3 is 2.80 bits per heavy atom. The zero-order valence-corrected chi connectivity index (χ0v) is 12.8. The normalized spacial score (nSPS) is 11.1. The summed E-state index contributed by atoms with van der Waals surface area (Å²) >= 11 is 6.11. The first kappa shape index (κ1) is 15.0. The summed E-state index contributed by atoms with van der Waals surface area (Å²) in [6, 6.07) is 4.41. The van der Waals surface area contributed by atoms with Crippen LogP contribution in [0.25, 0.3) is 0 Å². The van der Waals surface area contributed by atoms with Crippen LogP contribution in [0.15, 0.2) is 18.2 Å². The molecule has 0 bridgehead atoms. The standard InChI is InChI=1S/C15H19ClFN3/c1-4-18-8-14-10(2)19-20(11(14)3)9-12-7-13(17)5-6-15(12)16/h5-7,18H,4,8-9H2,1-3H3. The van der Waals surface area contributed by atoms with Gasteiger partial charge in [-0.25, -0.2) is 4.39 Å². The van der Waals surface area contributed by atoms with Crippen LogP contribution in [0.4, 0.5) is 4.39 Å². The van der Waals surface area contributed by atoms with Gasteiger partial charge in [-0.15, -0.1) is 0 Å². The van der Waals surface area contributed by atoms with Gasteiger partial charge in [-0.3, -0.25) is 4.68 Å². The van der Waals surface area contributed by atoms with Crippen LogP contribution in [0.1, 0.15) is 29.4 Å². The van der Waals surface area contributed by atoms with Crippen LogP contribution in [0, 0.1) is 19.7 Å². The van der Waals surface area contributed by atoms with Gasteiger partial charge in [0.15, 0.2) is 0 Å². The number of rotatable bonds is 5. The fourth-order valence-electron chi connectivity index (χ4n) is 2.22. The molecule has 1 N–H and O–H groups in total. The van der Waals surface area contributed by atoms with Crippen molar-refractivity contribution in [3.05, 3.63) is 51.6 Å². The van der Waals surface area contributed by atoms with Crippen LogP contribution >= 0.6 is 11.6 Å². The lowest BCUT2D eigenvalue weighted by molar-refractivity contribution is 0.615. The fraction of sp³-hybridized carbons (Fsp3) is 0.400. The molecule has 20 heavy (non-hydrogen) atoms. The first-order chi connectivity index (χ1) is 9.52. The molecule has 0 unspecified atom stereocenters. The predicted molar refractivity (Wildman–Crippen MR) is 79.6 cm³/mol. The van der Waals surface area contributed by atoms with E-state index < -0.39 is 0 Å². The smallest absolute Gasteiger partial charge is 0.123 e. The Kier molecular flexibility index (Phi) is 4.78. The van der Waals surface area contributed by atoms with Gasteiger partial charge >= 0.3 is 0 Å². The molecule has 0 spiro atoms. The first-order valence-corrected chi connectivity index (χ1v) is 7.08. The maximum Gasteiger partial charge on any atom is 0.123 e. The zero-order chi connectivity index (χ0) is 14.7. The first-order valence-electron chi connectivity index (χ1n) is 6.70. The van der Waals surface area contributed by atoms with Crippen molar-refractivity contribution in [1.29, 1.82) is 0 Å². The summed E-state index contributed by atoms with van der Waals surface area (Å²) in [6.45, 7) is 8.28. The topological polar surface area (TPSA) is 29.9 Å². The van der Waals surface area contributed by atoms with Crippen LogP contribution in [-0.4, -0.2) is 16.3 Å². The molecule has 1 heterocycles. The van der Waals surface area contributed by atoms with E-state index in [2.05, 4.69) is 17.3 Å². The van der Waals surface area contributed by atoms with Crippen molar-refractivity contribution in [2.75, 3.05) is 6.54 Å². The molecule has 5 heteroatoms. The van der Waals surface area contributed by atoms with Crippen molar-refractivity contribution in [2.45, 2.75) is 33.9 Å². The monoisotopic (exact) mass is 295 g/mol. The lowest BCUT2D eigenvalue weighted by Gasteiger charge is -2.08. The Balaban J connectivity index is 2.27. The molecular formula is C15H19ClFN3. The summed E-state index contributed by atoms with van der Waals surface area (Å²) in [4.78, 5) is 0. The molecule has 0 aliphatic heterocycles. The summed E-state index contributed by atoms with van der Waals surface area (Å²) in [7, 11) is 0. The highest BCUT2D eigenvalue weighted by Crippen LogP contribution is 2.20.